The summed E-state index contributed by atoms with van der Waals surface area (Å²) in [6.45, 7) is 5.67. The number of aromatic hydroxyl groups is 1. The summed E-state index contributed by atoms with van der Waals surface area (Å²) in [4.78, 5) is 30.3. The second-order valence-corrected chi connectivity index (χ2v) is 6.67. The monoisotopic (exact) mass is 384 g/mol. The van der Waals surface area contributed by atoms with Crippen LogP contribution in [0.4, 0.5) is 5.69 Å². The molecule has 0 spiro atoms. The number of benzene rings is 1. The van der Waals surface area contributed by atoms with E-state index in [-0.39, 0.29) is 29.5 Å². The topological polar surface area (TPSA) is 103 Å². The van der Waals surface area contributed by atoms with Crippen LogP contribution in [0.1, 0.15) is 21.9 Å². The molecule has 1 aromatic carbocycles. The Morgan fingerprint density at radius 2 is 2.15 bits per heavy atom. The van der Waals surface area contributed by atoms with E-state index in [9.17, 15) is 19.8 Å². The number of phenolic OH excluding ortho intramolecular Hbond substituents is 1. The van der Waals surface area contributed by atoms with Crippen LogP contribution in [0.2, 0.25) is 0 Å². The number of aromatic carboxylic acids is 1. The van der Waals surface area contributed by atoms with Gasteiger partial charge in [-0.25, -0.2) is 9.79 Å². The molecule has 1 aliphatic heterocycles. The number of carboxylic acids is 1. The van der Waals surface area contributed by atoms with Crippen LogP contribution in [0.3, 0.4) is 0 Å². The summed E-state index contributed by atoms with van der Waals surface area (Å²) in [5, 5.41) is 19.2. The molecule has 27 heavy (non-hydrogen) atoms. The standard InChI is InChI=1S/C19H16N2O5S/c1-3-8-21-17(23)16(10-13-6-4-11(2)26-13)27-19(21)20-15-7-5-12(22)9-14(15)18(24)25/h3-7,9-10,22H,1,8H2,2H3,(H,24,25)/b16-10-,20-19?. The minimum Gasteiger partial charge on any atom is -0.508 e. The number of carboxylic acid groups (broad SMARTS) is 1. The Kier molecular flexibility index (Phi) is 5.18. The van der Waals surface area contributed by atoms with Gasteiger partial charge in [0, 0.05) is 12.6 Å². The maximum absolute atomic E-state index is 12.7. The maximum atomic E-state index is 12.7. The Morgan fingerprint density at radius 1 is 1.37 bits per heavy atom. The zero-order valence-corrected chi connectivity index (χ0v) is 15.2. The van der Waals surface area contributed by atoms with E-state index in [0.29, 0.717) is 15.8 Å². The molecule has 0 radical (unpaired) electrons. The lowest BCUT2D eigenvalue weighted by atomic mass is 10.2. The van der Waals surface area contributed by atoms with Gasteiger partial charge in [-0.2, -0.15) is 0 Å². The van der Waals surface area contributed by atoms with Crippen molar-refractivity contribution in [1.29, 1.82) is 0 Å². The van der Waals surface area contributed by atoms with Gasteiger partial charge in [0.25, 0.3) is 5.91 Å². The van der Waals surface area contributed by atoms with Crippen LogP contribution in [-0.4, -0.2) is 38.7 Å². The van der Waals surface area contributed by atoms with Crippen molar-refractivity contribution in [2.24, 2.45) is 4.99 Å². The predicted molar refractivity (Wildman–Crippen MR) is 103 cm³/mol. The minimum atomic E-state index is -1.23. The third kappa shape index (κ3) is 3.95. The van der Waals surface area contributed by atoms with E-state index in [1.807, 2.05) is 0 Å². The molecule has 138 valence electrons. The van der Waals surface area contributed by atoms with Gasteiger partial charge < -0.3 is 14.6 Å². The molecule has 0 atom stereocenters. The summed E-state index contributed by atoms with van der Waals surface area (Å²) >= 11 is 1.11. The van der Waals surface area contributed by atoms with Crippen LogP contribution in [0, 0.1) is 6.92 Å². The molecule has 2 heterocycles. The van der Waals surface area contributed by atoms with Gasteiger partial charge >= 0.3 is 5.97 Å². The molecule has 0 saturated carbocycles. The van der Waals surface area contributed by atoms with Crippen LogP contribution in [-0.2, 0) is 4.79 Å². The lowest BCUT2D eigenvalue weighted by Gasteiger charge is -2.13. The molecule has 7 nitrogen and oxygen atoms in total. The molecule has 1 amide bonds. The highest BCUT2D eigenvalue weighted by Gasteiger charge is 2.33. The normalized spacial score (nSPS) is 17.1. The van der Waals surface area contributed by atoms with E-state index in [0.717, 1.165) is 23.6 Å². The minimum absolute atomic E-state index is 0.139. The van der Waals surface area contributed by atoms with Crippen molar-refractivity contribution in [3.63, 3.8) is 0 Å². The number of furan rings is 1. The zero-order chi connectivity index (χ0) is 19.6. The Balaban J connectivity index is 2.02. The van der Waals surface area contributed by atoms with Crippen molar-refractivity contribution < 1.29 is 24.2 Å². The SMILES string of the molecule is C=CCN1C(=O)/C(=C/c2ccc(C)o2)SC1=Nc1ccc(O)cc1C(=O)O. The third-order valence-corrected chi connectivity index (χ3v) is 4.67. The fraction of sp³-hybridized carbons (Fsp3) is 0.105. The van der Waals surface area contributed by atoms with Gasteiger partial charge in [0.05, 0.1) is 16.2 Å². The quantitative estimate of drug-likeness (QED) is 0.601. The molecule has 1 saturated heterocycles. The Morgan fingerprint density at radius 3 is 2.78 bits per heavy atom. The van der Waals surface area contributed by atoms with Crippen LogP contribution in [0.25, 0.3) is 6.08 Å². The molecule has 0 aliphatic carbocycles. The van der Waals surface area contributed by atoms with Crippen molar-refractivity contribution in [3.05, 3.63) is 65.0 Å². The average Bonchev–Trinajstić information content (AvgIpc) is 3.15. The number of amidine groups is 1. The zero-order valence-electron chi connectivity index (χ0n) is 14.4. The third-order valence-electron chi connectivity index (χ3n) is 3.66. The molecule has 1 aromatic heterocycles. The van der Waals surface area contributed by atoms with Gasteiger partial charge in [0.1, 0.15) is 17.3 Å². The number of rotatable bonds is 5. The Hall–Kier alpha value is -3.26. The van der Waals surface area contributed by atoms with E-state index in [4.69, 9.17) is 4.42 Å². The van der Waals surface area contributed by atoms with Gasteiger partial charge in [-0.05, 0) is 49.0 Å². The average molecular weight is 384 g/mol. The first-order valence-corrected chi connectivity index (χ1v) is 8.74. The van der Waals surface area contributed by atoms with Crippen LogP contribution >= 0.6 is 11.8 Å². The van der Waals surface area contributed by atoms with E-state index in [1.54, 1.807) is 31.2 Å². The largest absolute Gasteiger partial charge is 0.508 e. The van der Waals surface area contributed by atoms with Crippen molar-refractivity contribution in [3.8, 4) is 5.75 Å². The number of carbonyl (C=O) groups excluding carboxylic acids is 1. The molecule has 2 N–H and O–H groups in total. The predicted octanol–water partition coefficient (Wildman–Crippen LogP) is 3.78. The first-order valence-electron chi connectivity index (χ1n) is 7.93. The summed E-state index contributed by atoms with van der Waals surface area (Å²) in [5.74, 6) is -0.411. The summed E-state index contributed by atoms with van der Waals surface area (Å²) in [5.41, 5.74) is -0.0204. The number of carbonyl (C=O) groups is 2. The first-order chi connectivity index (χ1) is 12.9. The van der Waals surface area contributed by atoms with Gasteiger partial charge in [-0.15, -0.1) is 6.58 Å². The lowest BCUT2D eigenvalue weighted by molar-refractivity contribution is -0.121. The fourth-order valence-corrected chi connectivity index (χ4v) is 3.42. The molecule has 2 aromatic rings. The number of hydrogen-bond acceptors (Lipinski definition) is 6. The van der Waals surface area contributed by atoms with Crippen molar-refractivity contribution >= 4 is 40.6 Å². The number of nitrogens with zero attached hydrogens (tertiary/aromatic N) is 2. The van der Waals surface area contributed by atoms with Gasteiger partial charge in [0.2, 0.25) is 0 Å². The highest BCUT2D eigenvalue weighted by atomic mass is 32.2. The molecule has 3 rings (SSSR count). The second-order valence-electron chi connectivity index (χ2n) is 5.66. The highest BCUT2D eigenvalue weighted by Crippen LogP contribution is 2.35. The Labute approximate surface area is 159 Å². The van der Waals surface area contributed by atoms with Crippen LogP contribution in [0.5, 0.6) is 5.75 Å². The van der Waals surface area contributed by atoms with Gasteiger partial charge in [-0.1, -0.05) is 6.08 Å². The molecule has 8 heteroatoms. The molecule has 1 fully saturated rings. The van der Waals surface area contributed by atoms with E-state index < -0.39 is 5.97 Å². The highest BCUT2D eigenvalue weighted by molar-refractivity contribution is 8.18. The van der Waals surface area contributed by atoms with E-state index in [2.05, 4.69) is 11.6 Å². The lowest BCUT2D eigenvalue weighted by Crippen LogP contribution is -2.29. The molecule has 1 aliphatic rings. The summed E-state index contributed by atoms with van der Waals surface area (Å²) in [7, 11) is 0. The smallest absolute Gasteiger partial charge is 0.338 e. The number of hydrogen-bond donors (Lipinski definition) is 2. The Bertz CT molecular complexity index is 990. The van der Waals surface area contributed by atoms with Crippen LogP contribution in [0.15, 0.2) is 57.3 Å². The maximum Gasteiger partial charge on any atom is 0.338 e. The number of amides is 1. The van der Waals surface area contributed by atoms with Crippen molar-refractivity contribution in [2.75, 3.05) is 6.54 Å². The number of aryl methyl sites for hydroxylation is 1. The second kappa shape index (κ2) is 7.55. The summed E-state index contributed by atoms with van der Waals surface area (Å²) in [6, 6.07) is 7.39. The van der Waals surface area contributed by atoms with Crippen LogP contribution < -0.4 is 0 Å². The molecule has 0 unspecified atom stereocenters. The molecular formula is C19H16N2O5S. The van der Waals surface area contributed by atoms with Gasteiger partial charge in [-0.3, -0.25) is 9.69 Å². The molecular weight excluding hydrogens is 368 g/mol. The number of aliphatic imine (C=N–C) groups is 1. The fourth-order valence-electron chi connectivity index (χ4n) is 2.44. The van der Waals surface area contributed by atoms with E-state index >= 15 is 0 Å². The number of thioether (sulfide) groups is 1. The van der Waals surface area contributed by atoms with Gasteiger partial charge in [0.15, 0.2) is 5.17 Å². The summed E-state index contributed by atoms with van der Waals surface area (Å²) < 4.78 is 5.48. The summed E-state index contributed by atoms with van der Waals surface area (Å²) in [6.07, 6.45) is 3.18. The van der Waals surface area contributed by atoms with E-state index in [1.165, 1.54) is 17.0 Å². The first kappa shape index (κ1) is 18.5. The molecule has 0 bridgehead atoms. The van der Waals surface area contributed by atoms with Crippen molar-refractivity contribution in [2.45, 2.75) is 6.92 Å². The van der Waals surface area contributed by atoms with Crippen molar-refractivity contribution in [1.82, 2.24) is 4.90 Å². The number of phenols is 1.